The molecular formula is C14H29N3. The van der Waals surface area contributed by atoms with Gasteiger partial charge in [-0.05, 0) is 40.3 Å². The first-order chi connectivity index (χ1) is 8.07. The van der Waals surface area contributed by atoms with E-state index in [1.165, 1.54) is 52.1 Å². The number of nitrogens with zero attached hydrogens (tertiary/aromatic N) is 3. The third-order valence-corrected chi connectivity index (χ3v) is 4.99. The summed E-state index contributed by atoms with van der Waals surface area (Å²) in [6, 6.07) is 0.712. The maximum atomic E-state index is 2.64. The van der Waals surface area contributed by atoms with Crippen molar-refractivity contribution in [2.24, 2.45) is 0 Å². The fraction of sp³-hybridized carbons (Fsp3) is 1.00. The number of hydrogen-bond donors (Lipinski definition) is 0. The van der Waals surface area contributed by atoms with E-state index in [1.54, 1.807) is 0 Å². The summed E-state index contributed by atoms with van der Waals surface area (Å²) >= 11 is 0. The van der Waals surface area contributed by atoms with E-state index < -0.39 is 0 Å². The van der Waals surface area contributed by atoms with Crippen molar-refractivity contribution in [2.45, 2.75) is 45.2 Å². The molecule has 17 heavy (non-hydrogen) atoms. The zero-order valence-electron chi connectivity index (χ0n) is 12.1. The van der Waals surface area contributed by atoms with Crippen LogP contribution in [0.4, 0.5) is 0 Å². The third-order valence-electron chi connectivity index (χ3n) is 4.99. The van der Waals surface area contributed by atoms with Crippen LogP contribution in [0.2, 0.25) is 0 Å². The Bertz CT molecular complexity index is 244. The maximum Gasteiger partial charge on any atom is 0.0358 e. The van der Waals surface area contributed by atoms with Gasteiger partial charge in [-0.3, -0.25) is 4.90 Å². The molecular weight excluding hydrogens is 210 g/mol. The van der Waals surface area contributed by atoms with E-state index in [0.29, 0.717) is 11.6 Å². The van der Waals surface area contributed by atoms with Gasteiger partial charge in [0.1, 0.15) is 0 Å². The van der Waals surface area contributed by atoms with Crippen molar-refractivity contribution < 1.29 is 0 Å². The molecule has 0 aromatic carbocycles. The Morgan fingerprint density at radius 1 is 1.06 bits per heavy atom. The first-order valence-electron chi connectivity index (χ1n) is 7.25. The van der Waals surface area contributed by atoms with Crippen LogP contribution in [0.3, 0.4) is 0 Å². The number of likely N-dealkylation sites (N-methyl/N-ethyl adjacent to an activating group) is 2. The zero-order chi connectivity index (χ0) is 12.5. The summed E-state index contributed by atoms with van der Waals surface area (Å²) in [5, 5.41) is 0. The highest BCUT2D eigenvalue weighted by Gasteiger charge is 2.41. The summed E-state index contributed by atoms with van der Waals surface area (Å²) in [6.07, 6.45) is 2.69. The molecule has 0 amide bonds. The van der Waals surface area contributed by atoms with Crippen LogP contribution in [0.1, 0.15) is 33.6 Å². The van der Waals surface area contributed by atoms with E-state index in [4.69, 9.17) is 0 Å². The van der Waals surface area contributed by atoms with Crippen molar-refractivity contribution in [3.8, 4) is 0 Å². The fourth-order valence-corrected chi connectivity index (χ4v) is 3.41. The van der Waals surface area contributed by atoms with Gasteiger partial charge in [0.25, 0.3) is 0 Å². The number of piperidine rings is 1. The van der Waals surface area contributed by atoms with Gasteiger partial charge >= 0.3 is 0 Å². The van der Waals surface area contributed by atoms with Crippen molar-refractivity contribution in [2.75, 3.05) is 46.3 Å². The highest BCUT2D eigenvalue weighted by molar-refractivity contribution is 4.99. The standard InChI is InChI=1S/C14H29N3/c1-5-16-11-10-15(4)14(12-16)6-8-17(9-7-14)13(2)3/h13H,5-12H2,1-4H3. The number of rotatable bonds is 2. The van der Waals surface area contributed by atoms with Crippen molar-refractivity contribution in [3.05, 3.63) is 0 Å². The molecule has 2 aliphatic rings. The molecule has 2 fully saturated rings. The average molecular weight is 239 g/mol. The summed E-state index contributed by atoms with van der Waals surface area (Å²) in [4.78, 5) is 7.89. The van der Waals surface area contributed by atoms with Crippen molar-refractivity contribution in [1.82, 2.24) is 14.7 Å². The van der Waals surface area contributed by atoms with E-state index in [9.17, 15) is 0 Å². The van der Waals surface area contributed by atoms with Crippen LogP contribution >= 0.6 is 0 Å². The lowest BCUT2D eigenvalue weighted by Gasteiger charge is -2.53. The van der Waals surface area contributed by atoms with Crippen LogP contribution in [-0.4, -0.2) is 72.6 Å². The maximum absolute atomic E-state index is 2.64. The van der Waals surface area contributed by atoms with E-state index in [-0.39, 0.29) is 0 Å². The summed E-state index contributed by atoms with van der Waals surface area (Å²) in [6.45, 7) is 14.5. The van der Waals surface area contributed by atoms with Crippen molar-refractivity contribution in [1.29, 1.82) is 0 Å². The van der Waals surface area contributed by atoms with Gasteiger partial charge in [0.05, 0.1) is 0 Å². The molecule has 0 N–H and O–H groups in total. The summed E-state index contributed by atoms with van der Waals surface area (Å²) in [7, 11) is 2.33. The Morgan fingerprint density at radius 3 is 2.24 bits per heavy atom. The van der Waals surface area contributed by atoms with Crippen LogP contribution in [0.5, 0.6) is 0 Å². The molecule has 0 aliphatic carbocycles. The Morgan fingerprint density at radius 2 is 1.71 bits per heavy atom. The topological polar surface area (TPSA) is 9.72 Å². The minimum atomic E-state index is 0.472. The SMILES string of the molecule is CCN1CCN(C)C2(CCN(C(C)C)CC2)C1. The molecule has 2 heterocycles. The minimum absolute atomic E-state index is 0.472. The van der Waals surface area contributed by atoms with Crippen molar-refractivity contribution in [3.63, 3.8) is 0 Å². The molecule has 1 spiro atoms. The second kappa shape index (κ2) is 5.25. The minimum Gasteiger partial charge on any atom is -0.301 e. The molecule has 100 valence electrons. The third kappa shape index (κ3) is 2.67. The Kier molecular flexibility index (Phi) is 4.11. The molecule has 2 saturated heterocycles. The first kappa shape index (κ1) is 13.3. The van der Waals surface area contributed by atoms with Gasteiger partial charge in [-0.25, -0.2) is 0 Å². The van der Waals surface area contributed by atoms with Gasteiger partial charge < -0.3 is 9.80 Å². The lowest BCUT2D eigenvalue weighted by molar-refractivity contribution is -0.0304. The normalized spacial score (nSPS) is 28.1. The predicted octanol–water partition coefficient (Wildman–Crippen LogP) is 1.50. The van der Waals surface area contributed by atoms with E-state index >= 15 is 0 Å². The predicted molar refractivity (Wildman–Crippen MR) is 73.4 cm³/mol. The summed E-state index contributed by atoms with van der Waals surface area (Å²) < 4.78 is 0. The summed E-state index contributed by atoms with van der Waals surface area (Å²) in [5.41, 5.74) is 0.472. The monoisotopic (exact) mass is 239 g/mol. The van der Waals surface area contributed by atoms with Crippen LogP contribution in [0, 0.1) is 0 Å². The fourth-order valence-electron chi connectivity index (χ4n) is 3.41. The van der Waals surface area contributed by atoms with Gasteiger partial charge in [-0.1, -0.05) is 6.92 Å². The molecule has 3 nitrogen and oxygen atoms in total. The Hall–Kier alpha value is -0.120. The smallest absolute Gasteiger partial charge is 0.0358 e. The van der Waals surface area contributed by atoms with Gasteiger partial charge in [0.15, 0.2) is 0 Å². The molecule has 0 bridgehead atoms. The van der Waals surface area contributed by atoms with Gasteiger partial charge in [-0.2, -0.15) is 0 Å². The molecule has 0 radical (unpaired) electrons. The lowest BCUT2D eigenvalue weighted by Crippen LogP contribution is -2.64. The van der Waals surface area contributed by atoms with Crippen molar-refractivity contribution >= 4 is 0 Å². The first-order valence-corrected chi connectivity index (χ1v) is 7.25. The number of piperazine rings is 1. The molecule has 3 heteroatoms. The molecule has 0 aromatic heterocycles. The second-order valence-corrected chi connectivity index (χ2v) is 6.14. The molecule has 2 aliphatic heterocycles. The zero-order valence-corrected chi connectivity index (χ0v) is 12.1. The lowest BCUT2D eigenvalue weighted by atomic mass is 9.83. The van der Waals surface area contributed by atoms with Gasteiger partial charge in [-0.15, -0.1) is 0 Å². The van der Waals surface area contributed by atoms with Crippen LogP contribution in [0.25, 0.3) is 0 Å². The molecule has 0 aromatic rings. The van der Waals surface area contributed by atoms with Crippen LogP contribution in [-0.2, 0) is 0 Å². The highest BCUT2D eigenvalue weighted by Crippen LogP contribution is 2.32. The average Bonchev–Trinajstić information content (AvgIpc) is 2.33. The van der Waals surface area contributed by atoms with E-state index in [2.05, 4.69) is 42.5 Å². The van der Waals surface area contributed by atoms with Crippen LogP contribution in [0.15, 0.2) is 0 Å². The van der Waals surface area contributed by atoms with E-state index in [1.807, 2.05) is 0 Å². The molecule has 0 unspecified atom stereocenters. The number of hydrogen-bond acceptors (Lipinski definition) is 3. The quantitative estimate of drug-likeness (QED) is 0.723. The summed E-state index contributed by atoms with van der Waals surface area (Å²) in [5.74, 6) is 0. The molecule has 2 rings (SSSR count). The highest BCUT2D eigenvalue weighted by atomic mass is 15.3. The molecule has 0 saturated carbocycles. The molecule has 0 atom stereocenters. The van der Waals surface area contributed by atoms with E-state index in [0.717, 1.165) is 0 Å². The van der Waals surface area contributed by atoms with Gasteiger partial charge in [0, 0.05) is 44.3 Å². The Balaban J connectivity index is 1.99. The van der Waals surface area contributed by atoms with Gasteiger partial charge in [0.2, 0.25) is 0 Å². The van der Waals surface area contributed by atoms with Crippen LogP contribution < -0.4 is 0 Å². The second-order valence-electron chi connectivity index (χ2n) is 6.14. The Labute approximate surface area is 107 Å². The largest absolute Gasteiger partial charge is 0.301 e. The number of likely N-dealkylation sites (tertiary alicyclic amines) is 1.